The topological polar surface area (TPSA) is 77.4 Å². The molecule has 9 atom stereocenters. The van der Waals surface area contributed by atoms with Crippen molar-refractivity contribution in [2.45, 2.75) is 130 Å². The fraction of sp³-hybridized carbons (Fsp3) is 1.00. The largest absolute Gasteiger partial charge is 0.368 e. The Kier molecular flexibility index (Phi) is 8.09. The predicted octanol–water partition coefficient (Wildman–Crippen LogP) is 5.10. The Labute approximate surface area is 207 Å². The van der Waals surface area contributed by atoms with E-state index < -0.39 is 24.3 Å². The van der Waals surface area contributed by atoms with Crippen LogP contribution in [0.2, 0.25) is 0 Å². The van der Waals surface area contributed by atoms with Gasteiger partial charge >= 0.3 is 0 Å². The molecule has 0 amide bonds. The van der Waals surface area contributed by atoms with Crippen molar-refractivity contribution in [1.29, 1.82) is 0 Å². The zero-order valence-electron chi connectivity index (χ0n) is 22.5. The Morgan fingerprint density at radius 2 is 1.76 bits per heavy atom. The summed E-state index contributed by atoms with van der Waals surface area (Å²) in [5.41, 5.74) is -0.890. The first kappa shape index (κ1) is 26.8. The third kappa shape index (κ3) is 4.72. The molecule has 0 aromatic carbocycles. The molecule has 4 fully saturated rings. The quantitative estimate of drug-likeness (QED) is 0.399. The molecule has 0 spiro atoms. The van der Waals surface area contributed by atoms with E-state index in [1.807, 2.05) is 0 Å². The van der Waals surface area contributed by atoms with Crippen LogP contribution in [0.25, 0.3) is 0 Å². The smallest absolute Gasteiger partial charge is 0.168 e. The first-order valence-electron chi connectivity index (χ1n) is 13.9. The van der Waals surface area contributed by atoms with Crippen LogP contribution in [0.15, 0.2) is 0 Å². The summed E-state index contributed by atoms with van der Waals surface area (Å²) in [6.07, 6.45) is 6.08. The molecule has 1 saturated heterocycles. The van der Waals surface area contributed by atoms with Gasteiger partial charge in [0, 0.05) is 18.9 Å². The van der Waals surface area contributed by atoms with Gasteiger partial charge in [0.1, 0.15) is 0 Å². The number of methoxy groups -OCH3 is 1. The summed E-state index contributed by atoms with van der Waals surface area (Å²) in [4.78, 5) is 0. The highest BCUT2D eigenvalue weighted by Gasteiger charge is 2.73. The minimum atomic E-state index is -0.943. The molecule has 3 aliphatic carbocycles. The van der Waals surface area contributed by atoms with E-state index in [4.69, 9.17) is 18.9 Å². The van der Waals surface area contributed by atoms with E-state index in [1.165, 1.54) is 32.1 Å². The van der Waals surface area contributed by atoms with Gasteiger partial charge in [0.25, 0.3) is 0 Å². The summed E-state index contributed by atoms with van der Waals surface area (Å²) >= 11 is 0. The molecule has 3 saturated carbocycles. The van der Waals surface area contributed by atoms with Gasteiger partial charge in [-0.2, -0.15) is 0 Å². The van der Waals surface area contributed by atoms with Crippen molar-refractivity contribution in [3.05, 3.63) is 0 Å². The summed E-state index contributed by atoms with van der Waals surface area (Å²) in [5.74, 6) is 1.76. The molecule has 1 heterocycles. The molecule has 4 aliphatic rings. The van der Waals surface area contributed by atoms with Gasteiger partial charge in [-0.15, -0.1) is 0 Å². The van der Waals surface area contributed by atoms with E-state index in [0.29, 0.717) is 17.8 Å². The monoisotopic (exact) mass is 482 g/mol. The standard InChI is InChI=1S/C28H50O6/c1-16(2)13-20(17(3)4)24(29)32-22-18-14-21-23(22)33-25(30)28(21,15-18)26(31-7)34-27(5,6)19-11-9-8-10-12-19/h16-26,29-30H,8-15H2,1-7H3. The molecule has 2 bridgehead atoms. The van der Waals surface area contributed by atoms with Crippen molar-refractivity contribution in [2.24, 2.45) is 40.9 Å². The lowest BCUT2D eigenvalue weighted by Gasteiger charge is -2.46. The molecule has 9 unspecified atom stereocenters. The Morgan fingerprint density at radius 1 is 1.09 bits per heavy atom. The molecule has 1 aliphatic heterocycles. The molecule has 6 heteroatoms. The van der Waals surface area contributed by atoms with Crippen LogP contribution >= 0.6 is 0 Å². The Balaban J connectivity index is 1.47. The molecule has 34 heavy (non-hydrogen) atoms. The number of fused-ring (bicyclic) bond motifs is 1. The Hall–Kier alpha value is -0.240. The lowest BCUT2D eigenvalue weighted by molar-refractivity contribution is -0.290. The number of aliphatic hydroxyl groups excluding tert-OH is 2. The van der Waals surface area contributed by atoms with E-state index in [1.54, 1.807) is 7.11 Å². The molecule has 2 N–H and O–H groups in total. The van der Waals surface area contributed by atoms with Crippen LogP contribution in [0.3, 0.4) is 0 Å². The second-order valence-electron chi connectivity index (χ2n) is 13.0. The number of aliphatic hydroxyl groups is 2. The summed E-state index contributed by atoms with van der Waals surface area (Å²) in [5, 5.41) is 22.3. The van der Waals surface area contributed by atoms with Gasteiger partial charge in [-0.05, 0) is 69.6 Å². The van der Waals surface area contributed by atoms with Crippen LogP contribution in [0.4, 0.5) is 0 Å². The summed E-state index contributed by atoms with van der Waals surface area (Å²) in [6, 6.07) is 0. The minimum absolute atomic E-state index is 0.0848. The summed E-state index contributed by atoms with van der Waals surface area (Å²) in [7, 11) is 1.69. The lowest BCUT2D eigenvalue weighted by Crippen LogP contribution is -2.53. The maximum absolute atomic E-state index is 11.2. The zero-order chi connectivity index (χ0) is 24.8. The van der Waals surface area contributed by atoms with Gasteiger partial charge in [-0.1, -0.05) is 47.0 Å². The molecule has 198 valence electrons. The molecule has 0 aromatic rings. The first-order chi connectivity index (χ1) is 16.0. The van der Waals surface area contributed by atoms with Gasteiger partial charge in [0.2, 0.25) is 0 Å². The lowest BCUT2D eigenvalue weighted by atomic mass is 9.71. The molecule has 0 radical (unpaired) electrons. The fourth-order valence-electron chi connectivity index (χ4n) is 7.80. The van der Waals surface area contributed by atoms with E-state index in [2.05, 4.69) is 41.5 Å². The second kappa shape index (κ2) is 10.3. The zero-order valence-corrected chi connectivity index (χ0v) is 22.5. The van der Waals surface area contributed by atoms with Crippen LogP contribution in [0.5, 0.6) is 0 Å². The molecular weight excluding hydrogens is 432 g/mol. The third-order valence-electron chi connectivity index (χ3n) is 9.71. The highest BCUT2D eigenvalue weighted by atomic mass is 16.7. The van der Waals surface area contributed by atoms with Crippen LogP contribution in [-0.2, 0) is 18.9 Å². The van der Waals surface area contributed by atoms with Gasteiger partial charge < -0.3 is 29.2 Å². The van der Waals surface area contributed by atoms with E-state index >= 15 is 0 Å². The average molecular weight is 483 g/mol. The molecule has 0 aromatic heterocycles. The van der Waals surface area contributed by atoms with Crippen molar-refractivity contribution in [3.8, 4) is 0 Å². The Morgan fingerprint density at radius 3 is 2.35 bits per heavy atom. The van der Waals surface area contributed by atoms with Crippen molar-refractivity contribution < 1.29 is 29.2 Å². The number of hydrogen-bond donors (Lipinski definition) is 2. The van der Waals surface area contributed by atoms with E-state index in [0.717, 1.165) is 19.3 Å². The number of hydrogen-bond acceptors (Lipinski definition) is 6. The molecule has 6 nitrogen and oxygen atoms in total. The van der Waals surface area contributed by atoms with Gasteiger partial charge in [0.15, 0.2) is 18.9 Å². The van der Waals surface area contributed by atoms with Crippen molar-refractivity contribution in [3.63, 3.8) is 0 Å². The average Bonchev–Trinajstić information content (AvgIpc) is 3.38. The highest BCUT2D eigenvalue weighted by molar-refractivity contribution is 5.16. The van der Waals surface area contributed by atoms with Crippen LogP contribution < -0.4 is 0 Å². The van der Waals surface area contributed by atoms with Crippen LogP contribution in [0.1, 0.15) is 92.9 Å². The fourth-order valence-corrected chi connectivity index (χ4v) is 7.80. The van der Waals surface area contributed by atoms with Crippen molar-refractivity contribution in [1.82, 2.24) is 0 Å². The Bertz CT molecular complexity index is 674. The maximum atomic E-state index is 11.2. The third-order valence-corrected chi connectivity index (χ3v) is 9.71. The normalized spacial score (nSPS) is 38.7. The SMILES string of the molecule is COC(OC(C)(C)C1CCCCC1)C12CC3CC1C(OC2O)C3OC(O)C(CC(C)C)C(C)C. The highest BCUT2D eigenvalue weighted by Crippen LogP contribution is 2.66. The van der Waals surface area contributed by atoms with Gasteiger partial charge in [-0.25, -0.2) is 0 Å². The van der Waals surface area contributed by atoms with Gasteiger partial charge in [-0.3, -0.25) is 0 Å². The number of ether oxygens (including phenoxy) is 4. The summed E-state index contributed by atoms with van der Waals surface area (Å²) < 4.78 is 25.2. The van der Waals surface area contributed by atoms with Crippen molar-refractivity contribution >= 4 is 0 Å². The second-order valence-corrected chi connectivity index (χ2v) is 13.0. The molecular formula is C28H50O6. The summed E-state index contributed by atoms with van der Waals surface area (Å²) in [6.45, 7) is 13.0. The van der Waals surface area contributed by atoms with E-state index in [9.17, 15) is 10.2 Å². The predicted molar refractivity (Wildman–Crippen MR) is 131 cm³/mol. The van der Waals surface area contributed by atoms with Crippen molar-refractivity contribution in [2.75, 3.05) is 7.11 Å². The number of rotatable bonds is 11. The minimum Gasteiger partial charge on any atom is -0.368 e. The maximum Gasteiger partial charge on any atom is 0.168 e. The van der Waals surface area contributed by atoms with E-state index in [-0.39, 0.29) is 35.6 Å². The molecule has 4 rings (SSSR count). The van der Waals surface area contributed by atoms with Crippen LogP contribution in [0, 0.1) is 40.9 Å². The van der Waals surface area contributed by atoms with Gasteiger partial charge in [0.05, 0.1) is 23.2 Å². The first-order valence-corrected chi connectivity index (χ1v) is 13.9. The van der Waals surface area contributed by atoms with Crippen LogP contribution in [-0.4, -0.2) is 54.0 Å².